The summed E-state index contributed by atoms with van der Waals surface area (Å²) >= 11 is 1.87. The number of hydrogen-bond donors (Lipinski definition) is 2. The average Bonchev–Trinajstić information content (AvgIpc) is 2.84. The summed E-state index contributed by atoms with van der Waals surface area (Å²) in [6, 6.07) is 4.67. The highest BCUT2D eigenvalue weighted by Gasteiger charge is 2.09. The minimum Gasteiger partial charge on any atom is -0.382 e. The largest absolute Gasteiger partial charge is 0.382 e. The third kappa shape index (κ3) is 5.93. The van der Waals surface area contributed by atoms with Crippen molar-refractivity contribution < 1.29 is 9.47 Å². The zero-order valence-corrected chi connectivity index (χ0v) is 12.1. The Morgan fingerprint density at radius 2 is 2.06 bits per heavy atom. The second-order valence-electron chi connectivity index (χ2n) is 4.18. The lowest BCUT2D eigenvalue weighted by Crippen LogP contribution is -2.37. The lowest BCUT2D eigenvalue weighted by Gasteiger charge is -2.14. The second kappa shape index (κ2) is 9.47. The number of aryl methyl sites for hydroxylation is 1. The first kappa shape index (κ1) is 15.6. The lowest BCUT2D eigenvalue weighted by atomic mass is 10.1. The minimum absolute atomic E-state index is 0.274. The Morgan fingerprint density at radius 3 is 2.67 bits per heavy atom. The van der Waals surface area contributed by atoms with Gasteiger partial charge < -0.3 is 9.47 Å². The molecule has 0 spiro atoms. The third-order valence-corrected chi connectivity index (χ3v) is 4.04. The van der Waals surface area contributed by atoms with Crippen LogP contribution in [0.2, 0.25) is 0 Å². The molecule has 0 fully saturated rings. The Hall–Kier alpha value is -0.460. The van der Waals surface area contributed by atoms with Gasteiger partial charge in [0, 0.05) is 29.5 Å². The van der Waals surface area contributed by atoms with Gasteiger partial charge in [0.15, 0.2) is 0 Å². The summed E-state index contributed by atoms with van der Waals surface area (Å²) in [4.78, 5) is 2.81. The van der Waals surface area contributed by atoms with Gasteiger partial charge in [0.25, 0.3) is 0 Å². The molecule has 1 unspecified atom stereocenters. The van der Waals surface area contributed by atoms with Gasteiger partial charge in [-0.1, -0.05) is 6.92 Å². The van der Waals surface area contributed by atoms with Crippen molar-refractivity contribution in [2.24, 2.45) is 5.84 Å². The summed E-state index contributed by atoms with van der Waals surface area (Å²) in [5.41, 5.74) is 2.86. The maximum Gasteiger partial charge on any atom is 0.0700 e. The van der Waals surface area contributed by atoms with E-state index in [2.05, 4.69) is 24.5 Å². The Balaban J connectivity index is 2.24. The van der Waals surface area contributed by atoms with E-state index in [0.29, 0.717) is 19.8 Å². The van der Waals surface area contributed by atoms with Crippen LogP contribution in [0.5, 0.6) is 0 Å². The van der Waals surface area contributed by atoms with E-state index in [1.807, 2.05) is 11.3 Å². The molecule has 0 radical (unpaired) electrons. The van der Waals surface area contributed by atoms with Gasteiger partial charge >= 0.3 is 0 Å². The first-order chi connectivity index (χ1) is 8.80. The van der Waals surface area contributed by atoms with E-state index in [-0.39, 0.29) is 6.04 Å². The summed E-state index contributed by atoms with van der Waals surface area (Å²) in [6.45, 7) is 4.18. The van der Waals surface area contributed by atoms with Crippen LogP contribution < -0.4 is 11.3 Å². The number of hydrazine groups is 1. The van der Waals surface area contributed by atoms with E-state index in [4.69, 9.17) is 15.3 Å². The molecule has 0 saturated carbocycles. The molecular formula is C13H24N2O2S. The molecule has 1 atom stereocenters. The smallest absolute Gasteiger partial charge is 0.0700 e. The maximum absolute atomic E-state index is 5.58. The van der Waals surface area contributed by atoms with Gasteiger partial charge in [-0.2, -0.15) is 0 Å². The Morgan fingerprint density at radius 1 is 1.28 bits per heavy atom. The highest BCUT2D eigenvalue weighted by Crippen LogP contribution is 2.19. The molecule has 1 aromatic rings. The minimum atomic E-state index is 0.274. The molecule has 0 bridgehead atoms. The molecule has 4 nitrogen and oxygen atoms in total. The number of hydrogen-bond acceptors (Lipinski definition) is 5. The van der Waals surface area contributed by atoms with E-state index < -0.39 is 0 Å². The monoisotopic (exact) mass is 272 g/mol. The fourth-order valence-electron chi connectivity index (χ4n) is 1.68. The molecule has 5 heteroatoms. The van der Waals surface area contributed by atoms with Gasteiger partial charge in [0.1, 0.15) is 0 Å². The summed E-state index contributed by atoms with van der Waals surface area (Å²) in [7, 11) is 1.68. The summed E-state index contributed by atoms with van der Waals surface area (Å²) in [5, 5.41) is 0. The van der Waals surface area contributed by atoms with Crippen molar-refractivity contribution in [2.75, 3.05) is 26.9 Å². The second-order valence-corrected chi connectivity index (χ2v) is 5.44. The Labute approximate surface area is 113 Å². The van der Waals surface area contributed by atoms with Gasteiger partial charge in [-0.3, -0.25) is 11.3 Å². The molecule has 1 aromatic heterocycles. The topological polar surface area (TPSA) is 56.5 Å². The molecular weight excluding hydrogens is 248 g/mol. The van der Waals surface area contributed by atoms with Crippen LogP contribution in [0.15, 0.2) is 12.1 Å². The van der Waals surface area contributed by atoms with Crippen LogP contribution in [0.1, 0.15) is 23.1 Å². The number of nitrogens with one attached hydrogen (secondary N) is 1. The highest BCUT2D eigenvalue weighted by atomic mass is 32.1. The molecule has 3 N–H and O–H groups in total. The van der Waals surface area contributed by atoms with Crippen molar-refractivity contribution in [3.05, 3.63) is 21.9 Å². The first-order valence-corrected chi connectivity index (χ1v) is 7.22. The van der Waals surface area contributed by atoms with Crippen LogP contribution >= 0.6 is 11.3 Å². The van der Waals surface area contributed by atoms with Gasteiger partial charge in [0.2, 0.25) is 0 Å². The van der Waals surface area contributed by atoms with Crippen LogP contribution in [-0.2, 0) is 22.3 Å². The molecule has 0 aliphatic heterocycles. The zero-order valence-electron chi connectivity index (χ0n) is 11.3. The molecule has 0 aliphatic rings. The third-order valence-electron chi connectivity index (χ3n) is 2.79. The maximum atomic E-state index is 5.58. The molecule has 104 valence electrons. The highest BCUT2D eigenvalue weighted by molar-refractivity contribution is 7.11. The predicted octanol–water partition coefficient (Wildman–Crippen LogP) is 1.74. The summed E-state index contributed by atoms with van der Waals surface area (Å²) in [5.74, 6) is 5.58. The average molecular weight is 272 g/mol. The van der Waals surface area contributed by atoms with Gasteiger partial charge in [-0.15, -0.1) is 11.3 Å². The number of nitrogens with two attached hydrogens (primary N) is 1. The molecule has 0 amide bonds. The van der Waals surface area contributed by atoms with Crippen LogP contribution in [0.3, 0.4) is 0 Å². The van der Waals surface area contributed by atoms with Gasteiger partial charge in [-0.25, -0.2) is 0 Å². The zero-order chi connectivity index (χ0) is 13.2. The van der Waals surface area contributed by atoms with E-state index in [0.717, 1.165) is 19.3 Å². The van der Waals surface area contributed by atoms with E-state index in [1.165, 1.54) is 9.75 Å². The number of thiophene rings is 1. The van der Waals surface area contributed by atoms with Crippen LogP contribution in [0.4, 0.5) is 0 Å². The predicted molar refractivity (Wildman–Crippen MR) is 75.8 cm³/mol. The van der Waals surface area contributed by atoms with Crippen LogP contribution in [0.25, 0.3) is 0 Å². The number of rotatable bonds is 10. The SMILES string of the molecule is CCc1ccc(CC(CCOCCOC)NN)s1. The molecule has 0 aromatic carbocycles. The Kier molecular flexibility index (Phi) is 8.20. The molecule has 0 saturated heterocycles. The standard InChI is InChI=1S/C13H24N2O2S/c1-3-12-4-5-13(18-12)10-11(15-14)6-7-17-9-8-16-2/h4-5,11,15H,3,6-10,14H2,1-2H3. The van der Waals surface area contributed by atoms with Gasteiger partial charge in [-0.05, 0) is 31.4 Å². The molecule has 1 heterocycles. The normalized spacial score (nSPS) is 12.8. The van der Waals surface area contributed by atoms with Crippen LogP contribution in [-0.4, -0.2) is 33.0 Å². The first-order valence-electron chi connectivity index (χ1n) is 6.40. The van der Waals surface area contributed by atoms with Crippen molar-refractivity contribution in [2.45, 2.75) is 32.2 Å². The molecule has 0 aliphatic carbocycles. The quantitative estimate of drug-likeness (QED) is 0.387. The van der Waals surface area contributed by atoms with Crippen molar-refractivity contribution in [3.63, 3.8) is 0 Å². The lowest BCUT2D eigenvalue weighted by molar-refractivity contribution is 0.0658. The van der Waals surface area contributed by atoms with Gasteiger partial charge in [0.05, 0.1) is 13.2 Å². The van der Waals surface area contributed by atoms with E-state index >= 15 is 0 Å². The van der Waals surface area contributed by atoms with Crippen molar-refractivity contribution in [1.82, 2.24) is 5.43 Å². The fourth-order valence-corrected chi connectivity index (χ4v) is 2.72. The van der Waals surface area contributed by atoms with E-state index in [9.17, 15) is 0 Å². The Bertz CT molecular complexity index is 318. The fraction of sp³-hybridized carbons (Fsp3) is 0.692. The van der Waals surface area contributed by atoms with Crippen molar-refractivity contribution >= 4 is 11.3 Å². The number of methoxy groups -OCH3 is 1. The molecule has 18 heavy (non-hydrogen) atoms. The summed E-state index contributed by atoms with van der Waals surface area (Å²) in [6.07, 6.45) is 2.99. The molecule has 1 rings (SSSR count). The van der Waals surface area contributed by atoms with E-state index in [1.54, 1.807) is 7.11 Å². The number of ether oxygens (including phenoxy) is 2. The summed E-state index contributed by atoms with van der Waals surface area (Å²) < 4.78 is 10.4. The van der Waals surface area contributed by atoms with Crippen LogP contribution in [0, 0.1) is 0 Å². The van der Waals surface area contributed by atoms with Crippen molar-refractivity contribution in [1.29, 1.82) is 0 Å². The van der Waals surface area contributed by atoms with Crippen molar-refractivity contribution in [3.8, 4) is 0 Å².